The first-order chi connectivity index (χ1) is 17.3. The van der Waals surface area contributed by atoms with Crippen molar-refractivity contribution in [2.24, 2.45) is 0 Å². The average molecular weight is 569 g/mol. The van der Waals surface area contributed by atoms with E-state index in [4.69, 9.17) is 0 Å². The Morgan fingerprint density at radius 3 is 2.31 bits per heavy atom. The van der Waals surface area contributed by atoms with Crippen LogP contribution in [0.15, 0.2) is 94.4 Å². The van der Waals surface area contributed by atoms with Crippen LogP contribution in [0.1, 0.15) is 25.0 Å². The molecule has 0 radical (unpaired) electrons. The number of aromatic amines is 1. The highest BCUT2D eigenvalue weighted by Crippen LogP contribution is 2.22. The number of H-pyrrole nitrogens is 1. The molecule has 1 amide bonds. The van der Waals surface area contributed by atoms with Gasteiger partial charge in [0.25, 0.3) is 0 Å². The van der Waals surface area contributed by atoms with E-state index in [1.807, 2.05) is 54.7 Å². The number of carbonyl (C=O) groups is 1. The third-order valence-corrected chi connectivity index (χ3v) is 8.75. The molecule has 1 N–H and O–H groups in total. The summed E-state index contributed by atoms with van der Waals surface area (Å²) in [5, 5.41) is 1.13. The number of halogens is 1. The molecule has 8 heteroatoms. The summed E-state index contributed by atoms with van der Waals surface area (Å²) >= 11 is 3.35. The molecule has 0 aliphatic rings. The number of benzene rings is 3. The fraction of sp³-hybridized carbons (Fsp3) is 0.250. The monoisotopic (exact) mass is 567 g/mol. The van der Waals surface area contributed by atoms with Gasteiger partial charge in [-0.05, 0) is 61.7 Å². The molecule has 0 atom stereocenters. The zero-order valence-corrected chi connectivity index (χ0v) is 22.8. The normalized spacial score (nSPS) is 11.9. The predicted molar refractivity (Wildman–Crippen MR) is 147 cm³/mol. The molecule has 0 fully saturated rings. The van der Waals surface area contributed by atoms with Gasteiger partial charge in [0.1, 0.15) is 0 Å². The number of para-hydroxylation sites is 1. The van der Waals surface area contributed by atoms with E-state index in [1.165, 1.54) is 4.31 Å². The van der Waals surface area contributed by atoms with E-state index in [-0.39, 0.29) is 23.4 Å². The van der Waals surface area contributed by atoms with Crippen LogP contribution in [-0.2, 0) is 27.8 Å². The molecular weight excluding hydrogens is 538 g/mol. The highest BCUT2D eigenvalue weighted by molar-refractivity contribution is 9.10. The summed E-state index contributed by atoms with van der Waals surface area (Å²) in [6.45, 7) is 4.23. The number of rotatable bonds is 10. The first-order valence-corrected chi connectivity index (χ1v) is 14.1. The molecule has 0 unspecified atom stereocenters. The van der Waals surface area contributed by atoms with Crippen molar-refractivity contribution in [1.29, 1.82) is 0 Å². The van der Waals surface area contributed by atoms with Crippen molar-refractivity contribution in [1.82, 2.24) is 14.2 Å². The summed E-state index contributed by atoms with van der Waals surface area (Å²) in [7, 11) is -3.85. The van der Waals surface area contributed by atoms with E-state index >= 15 is 0 Å². The topological polar surface area (TPSA) is 73.5 Å². The zero-order valence-electron chi connectivity index (χ0n) is 20.4. The van der Waals surface area contributed by atoms with Gasteiger partial charge in [-0.25, -0.2) is 8.42 Å². The van der Waals surface area contributed by atoms with Gasteiger partial charge in [0.2, 0.25) is 15.9 Å². The molecule has 3 aromatic carbocycles. The molecule has 6 nitrogen and oxygen atoms in total. The number of hydrogen-bond acceptors (Lipinski definition) is 3. The van der Waals surface area contributed by atoms with Crippen molar-refractivity contribution in [3.8, 4) is 0 Å². The fourth-order valence-corrected chi connectivity index (χ4v) is 6.06. The van der Waals surface area contributed by atoms with Crippen molar-refractivity contribution >= 4 is 42.8 Å². The van der Waals surface area contributed by atoms with E-state index in [0.29, 0.717) is 19.5 Å². The highest BCUT2D eigenvalue weighted by atomic mass is 79.9. The van der Waals surface area contributed by atoms with Crippen molar-refractivity contribution in [3.63, 3.8) is 0 Å². The molecule has 36 heavy (non-hydrogen) atoms. The smallest absolute Gasteiger partial charge is 0.243 e. The zero-order chi connectivity index (χ0) is 25.7. The van der Waals surface area contributed by atoms with Gasteiger partial charge in [-0.2, -0.15) is 4.31 Å². The van der Waals surface area contributed by atoms with Gasteiger partial charge in [-0.1, -0.05) is 64.5 Å². The van der Waals surface area contributed by atoms with Gasteiger partial charge in [0.05, 0.1) is 11.4 Å². The second-order valence-corrected chi connectivity index (χ2v) is 11.8. The first kappa shape index (κ1) is 26.1. The summed E-state index contributed by atoms with van der Waals surface area (Å²) in [5.41, 5.74) is 3.18. The van der Waals surface area contributed by atoms with Crippen LogP contribution in [0.2, 0.25) is 0 Å². The molecule has 1 heterocycles. The quantitative estimate of drug-likeness (QED) is 0.271. The van der Waals surface area contributed by atoms with Gasteiger partial charge in [-0.15, -0.1) is 0 Å². The molecule has 188 valence electrons. The minimum atomic E-state index is -3.85. The van der Waals surface area contributed by atoms with Gasteiger partial charge in [-0.3, -0.25) is 4.79 Å². The number of amides is 1. The maximum Gasteiger partial charge on any atom is 0.243 e. The van der Waals surface area contributed by atoms with Crippen molar-refractivity contribution in [3.05, 3.63) is 101 Å². The Kier molecular flexibility index (Phi) is 8.28. The van der Waals surface area contributed by atoms with Gasteiger partial charge < -0.3 is 9.88 Å². The number of carbonyl (C=O) groups excluding carboxylic acids is 1. The lowest BCUT2D eigenvalue weighted by atomic mass is 10.1. The Morgan fingerprint density at radius 2 is 1.61 bits per heavy atom. The van der Waals surface area contributed by atoms with Gasteiger partial charge in [0.15, 0.2) is 0 Å². The van der Waals surface area contributed by atoms with E-state index in [2.05, 4.69) is 27.0 Å². The SMILES string of the molecule is CC(C)N(CC(=O)N(CCc1c[nH]c2ccccc12)Cc1ccccc1)S(=O)(=O)c1ccc(Br)cc1. The van der Waals surface area contributed by atoms with Gasteiger partial charge >= 0.3 is 0 Å². The molecule has 0 saturated heterocycles. The third-order valence-electron chi connectivity index (χ3n) is 6.18. The first-order valence-electron chi connectivity index (χ1n) is 11.9. The maximum atomic E-state index is 13.6. The van der Waals surface area contributed by atoms with E-state index in [0.717, 1.165) is 26.5 Å². The summed E-state index contributed by atoms with van der Waals surface area (Å²) in [6.07, 6.45) is 2.64. The Balaban J connectivity index is 1.57. The number of aromatic nitrogens is 1. The minimum absolute atomic E-state index is 0.167. The summed E-state index contributed by atoms with van der Waals surface area (Å²) in [5.74, 6) is -0.229. The molecule has 4 aromatic rings. The minimum Gasteiger partial charge on any atom is -0.361 e. The largest absolute Gasteiger partial charge is 0.361 e. The molecular formula is C28H30BrN3O3S. The number of nitrogens with zero attached hydrogens (tertiary/aromatic N) is 2. The van der Waals surface area contributed by atoms with Crippen LogP contribution < -0.4 is 0 Å². The maximum absolute atomic E-state index is 13.6. The number of fused-ring (bicyclic) bond motifs is 1. The van der Waals surface area contributed by atoms with Crippen LogP contribution in [0.5, 0.6) is 0 Å². The molecule has 0 bridgehead atoms. The Bertz CT molecular complexity index is 1420. The standard InChI is InChI=1S/C28H30BrN3O3S/c1-21(2)32(36(34,35)25-14-12-24(29)13-15-25)20-28(33)31(19-22-8-4-3-5-9-22)17-16-23-18-30-27-11-7-6-10-26(23)27/h3-15,18,21,30H,16-17,19-20H2,1-2H3. The fourth-order valence-electron chi connectivity index (χ4n) is 4.21. The molecule has 1 aromatic heterocycles. The van der Waals surface area contributed by atoms with Crippen LogP contribution in [0.3, 0.4) is 0 Å². The predicted octanol–water partition coefficient (Wildman–Crippen LogP) is 5.60. The van der Waals surface area contributed by atoms with E-state index < -0.39 is 10.0 Å². The van der Waals surface area contributed by atoms with E-state index in [9.17, 15) is 13.2 Å². The Hall–Kier alpha value is -2.94. The highest BCUT2D eigenvalue weighted by Gasteiger charge is 2.30. The van der Waals surface area contributed by atoms with Crippen LogP contribution in [0, 0.1) is 0 Å². The van der Waals surface area contributed by atoms with Crippen LogP contribution in [0.25, 0.3) is 10.9 Å². The van der Waals surface area contributed by atoms with Crippen LogP contribution in [-0.4, -0.2) is 47.6 Å². The molecule has 0 saturated carbocycles. The third kappa shape index (κ3) is 6.06. The van der Waals surface area contributed by atoms with Crippen molar-refractivity contribution in [2.45, 2.75) is 37.8 Å². The van der Waals surface area contributed by atoms with Crippen LogP contribution >= 0.6 is 15.9 Å². The summed E-state index contributed by atoms with van der Waals surface area (Å²) < 4.78 is 28.9. The second kappa shape index (κ2) is 11.4. The number of nitrogens with one attached hydrogen (secondary N) is 1. The lowest BCUT2D eigenvalue weighted by Crippen LogP contribution is -2.46. The Morgan fingerprint density at radius 1 is 0.944 bits per heavy atom. The molecule has 0 aliphatic carbocycles. The average Bonchev–Trinajstić information content (AvgIpc) is 3.28. The summed E-state index contributed by atoms with van der Waals surface area (Å²) in [4.78, 5) is 18.8. The molecule has 0 spiro atoms. The second-order valence-electron chi connectivity index (χ2n) is 9.01. The van der Waals surface area contributed by atoms with Gasteiger partial charge in [0, 0.05) is 40.7 Å². The number of hydrogen-bond donors (Lipinski definition) is 1. The van der Waals surface area contributed by atoms with Crippen molar-refractivity contribution in [2.75, 3.05) is 13.1 Å². The number of sulfonamides is 1. The lowest BCUT2D eigenvalue weighted by molar-refractivity contribution is -0.132. The molecule has 4 rings (SSSR count). The summed E-state index contributed by atoms with van der Waals surface area (Å²) in [6, 6.07) is 24.0. The molecule has 0 aliphatic heterocycles. The van der Waals surface area contributed by atoms with Crippen LogP contribution in [0.4, 0.5) is 0 Å². The van der Waals surface area contributed by atoms with E-state index in [1.54, 1.807) is 43.0 Å². The van der Waals surface area contributed by atoms with Crippen molar-refractivity contribution < 1.29 is 13.2 Å². The Labute approximate surface area is 221 Å². The lowest BCUT2D eigenvalue weighted by Gasteiger charge is -2.29.